The van der Waals surface area contributed by atoms with Gasteiger partial charge in [-0.05, 0) is 54.8 Å². The number of nitrogens with zero attached hydrogens (tertiary/aromatic N) is 4. The van der Waals surface area contributed by atoms with Gasteiger partial charge in [-0.3, -0.25) is 9.69 Å². The van der Waals surface area contributed by atoms with E-state index in [0.717, 1.165) is 53.5 Å². The van der Waals surface area contributed by atoms with Crippen molar-refractivity contribution < 1.29 is 9.53 Å². The van der Waals surface area contributed by atoms with E-state index in [1.807, 2.05) is 46.0 Å². The maximum absolute atomic E-state index is 13.8. The van der Waals surface area contributed by atoms with Gasteiger partial charge in [0.2, 0.25) is 0 Å². The fourth-order valence-electron chi connectivity index (χ4n) is 4.70. The molecule has 1 aliphatic heterocycles. The first-order valence-electron chi connectivity index (χ1n) is 12.4. The molecule has 0 atom stereocenters. The Kier molecular flexibility index (Phi) is 6.87. The molecule has 36 heavy (non-hydrogen) atoms. The van der Waals surface area contributed by atoms with Gasteiger partial charge in [0.1, 0.15) is 11.4 Å². The normalized spacial score (nSPS) is 14.1. The van der Waals surface area contributed by atoms with Crippen molar-refractivity contribution in [1.82, 2.24) is 19.6 Å². The molecule has 4 aromatic rings. The number of hydrogen-bond acceptors (Lipinski definition) is 4. The summed E-state index contributed by atoms with van der Waals surface area (Å²) in [5.41, 5.74) is 6.67. The minimum Gasteiger partial charge on any atom is -0.497 e. The number of rotatable bonds is 6. The molecule has 0 spiro atoms. The Morgan fingerprint density at radius 2 is 1.67 bits per heavy atom. The van der Waals surface area contributed by atoms with Gasteiger partial charge < -0.3 is 9.64 Å². The van der Waals surface area contributed by atoms with Crippen LogP contribution in [0.25, 0.3) is 16.9 Å². The third-order valence-electron chi connectivity index (χ3n) is 6.80. The maximum Gasteiger partial charge on any atom is 0.272 e. The van der Waals surface area contributed by atoms with Gasteiger partial charge >= 0.3 is 0 Å². The average molecular weight is 481 g/mol. The van der Waals surface area contributed by atoms with Crippen LogP contribution in [-0.2, 0) is 6.54 Å². The number of carbonyl (C=O) groups is 1. The lowest BCUT2D eigenvalue weighted by atomic mass is 10.1. The van der Waals surface area contributed by atoms with Crippen LogP contribution in [0.1, 0.15) is 27.2 Å². The fourth-order valence-corrected chi connectivity index (χ4v) is 4.70. The highest BCUT2D eigenvalue weighted by Gasteiger charge is 2.27. The Hall–Kier alpha value is -3.90. The van der Waals surface area contributed by atoms with Crippen LogP contribution in [0, 0.1) is 13.8 Å². The van der Waals surface area contributed by atoms with Gasteiger partial charge in [0.05, 0.1) is 18.5 Å². The number of hydrogen-bond donors (Lipinski definition) is 0. The number of benzene rings is 3. The molecular formula is C30H32N4O2. The number of carbonyl (C=O) groups excluding carboxylic acids is 1. The molecule has 0 aliphatic carbocycles. The van der Waals surface area contributed by atoms with E-state index in [9.17, 15) is 4.79 Å². The lowest BCUT2D eigenvalue weighted by molar-refractivity contribution is 0.0619. The van der Waals surface area contributed by atoms with Crippen molar-refractivity contribution in [3.05, 3.63) is 101 Å². The topological polar surface area (TPSA) is 50.6 Å². The first-order chi connectivity index (χ1) is 17.5. The molecule has 2 heterocycles. The number of aryl methyl sites for hydroxylation is 2. The second-order valence-corrected chi connectivity index (χ2v) is 9.40. The molecule has 184 valence electrons. The second-order valence-electron chi connectivity index (χ2n) is 9.40. The van der Waals surface area contributed by atoms with Crippen LogP contribution in [0.2, 0.25) is 0 Å². The summed E-state index contributed by atoms with van der Waals surface area (Å²) in [6.07, 6.45) is 0. The van der Waals surface area contributed by atoms with Crippen LogP contribution in [0.5, 0.6) is 5.75 Å². The highest BCUT2D eigenvalue weighted by atomic mass is 16.5. The zero-order chi connectivity index (χ0) is 25.1. The van der Waals surface area contributed by atoms with Crippen molar-refractivity contribution in [2.45, 2.75) is 20.4 Å². The Bertz CT molecular complexity index is 1350. The Balaban J connectivity index is 1.43. The highest BCUT2D eigenvalue weighted by molar-refractivity contribution is 5.94. The van der Waals surface area contributed by atoms with Gasteiger partial charge in [-0.2, -0.15) is 5.10 Å². The van der Waals surface area contributed by atoms with Crippen LogP contribution >= 0.6 is 0 Å². The summed E-state index contributed by atoms with van der Waals surface area (Å²) in [5.74, 6) is 0.771. The van der Waals surface area contributed by atoms with Gasteiger partial charge in [0.15, 0.2) is 0 Å². The number of amides is 1. The van der Waals surface area contributed by atoms with E-state index in [0.29, 0.717) is 18.8 Å². The van der Waals surface area contributed by atoms with Gasteiger partial charge in [-0.25, -0.2) is 4.68 Å². The predicted octanol–water partition coefficient (Wildman–Crippen LogP) is 5.12. The van der Waals surface area contributed by atoms with E-state index in [1.54, 1.807) is 7.11 Å². The summed E-state index contributed by atoms with van der Waals surface area (Å²) in [5, 5.41) is 4.92. The molecule has 3 aromatic carbocycles. The lowest BCUT2D eigenvalue weighted by Gasteiger charge is -2.34. The number of piperazine rings is 1. The largest absolute Gasteiger partial charge is 0.497 e. The molecule has 0 bridgehead atoms. The standard InChI is InChI=1S/C30H32N4O2/c1-22-12-13-23(2)28(18-22)34-29(20-27(31-34)25-10-7-11-26(19-25)36-3)30(35)33-16-14-32(15-17-33)21-24-8-5-4-6-9-24/h4-13,18-20H,14-17,21H2,1-3H3. The number of ether oxygens (including phenoxy) is 1. The molecule has 1 amide bonds. The van der Waals surface area contributed by atoms with Crippen molar-refractivity contribution in [2.24, 2.45) is 0 Å². The molecule has 0 unspecified atom stereocenters. The molecule has 0 radical (unpaired) electrons. The smallest absolute Gasteiger partial charge is 0.272 e. The van der Waals surface area contributed by atoms with E-state index in [-0.39, 0.29) is 5.91 Å². The minimum atomic E-state index is 0.0110. The van der Waals surface area contributed by atoms with Crippen molar-refractivity contribution in [3.63, 3.8) is 0 Å². The first kappa shape index (κ1) is 23.8. The third kappa shape index (κ3) is 5.04. The summed E-state index contributed by atoms with van der Waals surface area (Å²) in [7, 11) is 1.65. The van der Waals surface area contributed by atoms with Gasteiger partial charge in [0.25, 0.3) is 5.91 Å². The minimum absolute atomic E-state index is 0.0110. The van der Waals surface area contributed by atoms with Crippen LogP contribution in [-0.4, -0.2) is 58.8 Å². The molecule has 1 saturated heterocycles. The van der Waals surface area contributed by atoms with E-state index in [2.05, 4.69) is 61.2 Å². The second kappa shape index (κ2) is 10.4. The Labute approximate surface area is 212 Å². The number of methoxy groups -OCH3 is 1. The van der Waals surface area contributed by atoms with Crippen LogP contribution in [0.4, 0.5) is 0 Å². The molecule has 0 saturated carbocycles. The maximum atomic E-state index is 13.8. The Morgan fingerprint density at radius 1 is 0.889 bits per heavy atom. The van der Waals surface area contributed by atoms with E-state index < -0.39 is 0 Å². The van der Waals surface area contributed by atoms with Crippen molar-refractivity contribution in [3.8, 4) is 22.7 Å². The molecule has 1 aliphatic rings. The summed E-state index contributed by atoms with van der Waals surface area (Å²) in [6.45, 7) is 8.10. The van der Waals surface area contributed by atoms with E-state index >= 15 is 0 Å². The van der Waals surface area contributed by atoms with E-state index in [1.165, 1.54) is 5.56 Å². The van der Waals surface area contributed by atoms with E-state index in [4.69, 9.17) is 9.84 Å². The van der Waals surface area contributed by atoms with Gasteiger partial charge in [-0.15, -0.1) is 0 Å². The summed E-state index contributed by atoms with van der Waals surface area (Å²) in [4.78, 5) is 18.2. The fraction of sp³-hybridized carbons (Fsp3) is 0.267. The Morgan fingerprint density at radius 3 is 2.42 bits per heavy atom. The van der Waals surface area contributed by atoms with Crippen molar-refractivity contribution in [2.75, 3.05) is 33.3 Å². The number of aromatic nitrogens is 2. The SMILES string of the molecule is COc1cccc(-c2cc(C(=O)N3CCN(Cc4ccccc4)CC3)n(-c3cc(C)ccc3C)n2)c1. The van der Waals surface area contributed by atoms with Crippen molar-refractivity contribution in [1.29, 1.82) is 0 Å². The quantitative estimate of drug-likeness (QED) is 0.384. The van der Waals surface area contributed by atoms with Gasteiger partial charge in [0, 0.05) is 38.3 Å². The van der Waals surface area contributed by atoms with Crippen molar-refractivity contribution >= 4 is 5.91 Å². The first-order valence-corrected chi connectivity index (χ1v) is 12.4. The van der Waals surface area contributed by atoms with Crippen LogP contribution in [0.15, 0.2) is 78.9 Å². The molecule has 6 heteroatoms. The van der Waals surface area contributed by atoms with Crippen LogP contribution < -0.4 is 4.74 Å². The molecular weight excluding hydrogens is 448 g/mol. The molecule has 1 fully saturated rings. The summed E-state index contributed by atoms with van der Waals surface area (Å²) < 4.78 is 7.23. The summed E-state index contributed by atoms with van der Waals surface area (Å²) >= 11 is 0. The molecule has 5 rings (SSSR count). The van der Waals surface area contributed by atoms with Crippen LogP contribution in [0.3, 0.4) is 0 Å². The monoisotopic (exact) mass is 480 g/mol. The molecule has 1 aromatic heterocycles. The molecule has 6 nitrogen and oxygen atoms in total. The van der Waals surface area contributed by atoms with Gasteiger partial charge in [-0.1, -0.05) is 54.6 Å². The zero-order valence-corrected chi connectivity index (χ0v) is 21.1. The third-order valence-corrected chi connectivity index (χ3v) is 6.80. The lowest BCUT2D eigenvalue weighted by Crippen LogP contribution is -2.48. The predicted molar refractivity (Wildman–Crippen MR) is 143 cm³/mol. The summed E-state index contributed by atoms with van der Waals surface area (Å²) in [6, 6.07) is 26.5. The molecule has 0 N–H and O–H groups in total. The highest BCUT2D eigenvalue weighted by Crippen LogP contribution is 2.27. The average Bonchev–Trinajstić information content (AvgIpc) is 3.36. The zero-order valence-electron chi connectivity index (χ0n) is 21.1.